The largest absolute Gasteiger partial charge is 0.396 e. The molecule has 0 spiro atoms. The lowest BCUT2D eigenvalue weighted by Crippen LogP contribution is -2.68. The standard InChI is InChI=1S/C48H78O18/c1-22-31(54)38(65-40-36(59)34(57)32(55)25(18-49)62-40)39(66-41-37(60)35(58)33(56)26(19-50)63-41)42(61-22)64-30-11-12-44(4)27(45(30,5)20-51)10-13-46(6)28(44)9-8-23-24-16-43(2,3)14-15-48(24,21-52)29(53)17-47(23,46)7/h8-9,22,25-42,49-60H,10-21H2,1-7H3/t22?,25?,26?,27-,28-,29?,30?,31?,32?,33?,34?,35?,36?,37?,38?,39?,40+,41+,42+,44-,45-,46+,47+,48+/m0/s1. The molecular weight excluding hydrogens is 865 g/mol. The minimum Gasteiger partial charge on any atom is -0.396 e. The van der Waals surface area contributed by atoms with E-state index in [1.165, 1.54) is 11.1 Å². The molecule has 3 aliphatic heterocycles. The van der Waals surface area contributed by atoms with Crippen LogP contribution in [0.1, 0.15) is 99.8 Å². The van der Waals surface area contributed by atoms with Gasteiger partial charge in [0.15, 0.2) is 18.9 Å². The summed E-state index contributed by atoms with van der Waals surface area (Å²) in [7, 11) is 0. The van der Waals surface area contributed by atoms with Crippen LogP contribution in [0.2, 0.25) is 0 Å². The summed E-state index contributed by atoms with van der Waals surface area (Å²) in [6.07, 6.45) is -15.5. The number of ether oxygens (including phenoxy) is 6. The summed E-state index contributed by atoms with van der Waals surface area (Å²) in [4.78, 5) is 0. The van der Waals surface area contributed by atoms with Gasteiger partial charge in [-0.3, -0.25) is 0 Å². The number of fused-ring (bicyclic) bond motifs is 6. The van der Waals surface area contributed by atoms with Crippen LogP contribution in [0.25, 0.3) is 0 Å². The first-order valence-corrected chi connectivity index (χ1v) is 24.1. The van der Waals surface area contributed by atoms with Gasteiger partial charge in [-0.1, -0.05) is 59.3 Å². The SMILES string of the molecule is CC1O[C@H](OC2CC[C@@]3(C)[C@H](CC[C@]4(C)[C@H]3C=CC3=C5CC(C)(C)CC[C@]5(CO)C(O)C[C@]34C)[C@]2(C)CO)C(O[C@H]2OC(CO)C(O)C(O)C2O)C(O[C@H]2OC(CO)C(O)C(O)C2O)C1O. The minimum absolute atomic E-state index is 0.0262. The van der Waals surface area contributed by atoms with Crippen molar-refractivity contribution >= 4 is 0 Å². The lowest BCUT2D eigenvalue weighted by molar-refractivity contribution is -0.398. The van der Waals surface area contributed by atoms with Gasteiger partial charge in [-0.15, -0.1) is 0 Å². The number of hydrogen-bond acceptors (Lipinski definition) is 18. The molecule has 0 radical (unpaired) electrons. The third-order valence-corrected chi connectivity index (χ3v) is 19.0. The van der Waals surface area contributed by atoms with Crippen molar-refractivity contribution in [3.05, 3.63) is 23.3 Å². The summed E-state index contributed by atoms with van der Waals surface area (Å²) in [5.41, 5.74) is -0.168. The van der Waals surface area contributed by atoms with Crippen molar-refractivity contribution in [2.24, 2.45) is 44.3 Å². The zero-order chi connectivity index (χ0) is 48.3. The Morgan fingerprint density at radius 1 is 0.621 bits per heavy atom. The van der Waals surface area contributed by atoms with Crippen molar-refractivity contribution in [3.63, 3.8) is 0 Å². The van der Waals surface area contributed by atoms with Crippen LogP contribution in [-0.2, 0) is 28.4 Å². The molecule has 18 nitrogen and oxygen atoms in total. The molecule has 378 valence electrons. The van der Waals surface area contributed by atoms with E-state index in [-0.39, 0.29) is 41.3 Å². The molecule has 0 aromatic rings. The quantitative estimate of drug-likeness (QED) is 0.123. The van der Waals surface area contributed by atoms with Crippen LogP contribution in [0.15, 0.2) is 23.3 Å². The lowest BCUT2D eigenvalue weighted by atomic mass is 9.35. The molecule has 3 saturated heterocycles. The van der Waals surface area contributed by atoms with E-state index >= 15 is 0 Å². The summed E-state index contributed by atoms with van der Waals surface area (Å²) in [6.45, 7) is 13.1. The van der Waals surface area contributed by atoms with Crippen molar-refractivity contribution in [1.82, 2.24) is 0 Å². The van der Waals surface area contributed by atoms with Gasteiger partial charge in [0, 0.05) is 16.2 Å². The van der Waals surface area contributed by atoms with Gasteiger partial charge in [0.25, 0.3) is 0 Å². The maximum Gasteiger partial charge on any atom is 0.187 e. The highest BCUT2D eigenvalue weighted by molar-refractivity contribution is 5.47. The maximum atomic E-state index is 12.1. The monoisotopic (exact) mass is 943 g/mol. The van der Waals surface area contributed by atoms with Crippen LogP contribution >= 0.6 is 0 Å². The average molecular weight is 943 g/mol. The molecule has 3 saturated carbocycles. The fourth-order valence-electron chi connectivity index (χ4n) is 14.5. The molecule has 5 aliphatic carbocycles. The Bertz CT molecular complexity index is 1810. The summed E-state index contributed by atoms with van der Waals surface area (Å²) in [5.74, 6) is -0.0689. The van der Waals surface area contributed by atoms with Gasteiger partial charge < -0.3 is 89.7 Å². The van der Waals surface area contributed by atoms with E-state index in [9.17, 15) is 61.3 Å². The lowest BCUT2D eigenvalue weighted by Gasteiger charge is -2.70. The van der Waals surface area contributed by atoms with E-state index in [1.807, 2.05) is 6.92 Å². The van der Waals surface area contributed by atoms with E-state index in [0.717, 1.165) is 25.7 Å². The molecule has 8 aliphatic rings. The van der Waals surface area contributed by atoms with E-state index in [2.05, 4.69) is 46.8 Å². The molecule has 18 heteroatoms. The van der Waals surface area contributed by atoms with Crippen LogP contribution in [0, 0.1) is 44.3 Å². The molecule has 0 aromatic carbocycles. The van der Waals surface area contributed by atoms with E-state index in [1.54, 1.807) is 6.92 Å². The van der Waals surface area contributed by atoms with Gasteiger partial charge in [0.2, 0.25) is 0 Å². The number of aliphatic hydroxyl groups excluding tert-OH is 12. The van der Waals surface area contributed by atoms with Crippen LogP contribution in [0.4, 0.5) is 0 Å². The molecule has 3 heterocycles. The molecule has 0 aromatic heterocycles. The first-order valence-electron chi connectivity index (χ1n) is 24.1. The smallest absolute Gasteiger partial charge is 0.187 e. The zero-order valence-electron chi connectivity index (χ0n) is 39.4. The Kier molecular flexibility index (Phi) is 14.0. The Morgan fingerprint density at radius 2 is 1.21 bits per heavy atom. The van der Waals surface area contributed by atoms with E-state index < -0.39 is 134 Å². The normalized spacial score (nSPS) is 54.8. The van der Waals surface area contributed by atoms with Crippen molar-refractivity contribution in [2.75, 3.05) is 26.4 Å². The number of aliphatic hydroxyl groups is 12. The Morgan fingerprint density at radius 3 is 1.77 bits per heavy atom. The fourth-order valence-corrected chi connectivity index (χ4v) is 14.5. The molecule has 12 N–H and O–H groups in total. The molecular formula is C48H78O18. The third-order valence-electron chi connectivity index (χ3n) is 19.0. The first kappa shape index (κ1) is 51.1. The Hall–Kier alpha value is -1.24. The number of hydrogen-bond donors (Lipinski definition) is 12. The van der Waals surface area contributed by atoms with E-state index in [4.69, 9.17) is 28.4 Å². The van der Waals surface area contributed by atoms with Gasteiger partial charge in [-0.2, -0.15) is 0 Å². The van der Waals surface area contributed by atoms with Gasteiger partial charge in [-0.05, 0) is 91.9 Å². The molecule has 66 heavy (non-hydrogen) atoms. The van der Waals surface area contributed by atoms with Crippen LogP contribution in [-0.4, -0.2) is 192 Å². The minimum atomic E-state index is -1.89. The predicted octanol–water partition coefficient (Wildman–Crippen LogP) is -0.495. The second-order valence-electron chi connectivity index (χ2n) is 23.1. The topological polar surface area (TPSA) is 298 Å². The molecule has 8 rings (SSSR count). The highest BCUT2D eigenvalue weighted by Gasteiger charge is 2.69. The number of allylic oxidation sites excluding steroid dienone is 3. The maximum absolute atomic E-state index is 12.1. The highest BCUT2D eigenvalue weighted by atomic mass is 16.8. The van der Waals surface area contributed by atoms with Crippen molar-refractivity contribution in [3.8, 4) is 0 Å². The third kappa shape index (κ3) is 7.75. The van der Waals surface area contributed by atoms with Gasteiger partial charge in [0.05, 0.1) is 44.7 Å². The predicted molar refractivity (Wildman–Crippen MR) is 231 cm³/mol. The molecule has 0 amide bonds. The van der Waals surface area contributed by atoms with Crippen LogP contribution < -0.4 is 0 Å². The summed E-state index contributed by atoms with van der Waals surface area (Å²) in [5, 5.41) is 131. The van der Waals surface area contributed by atoms with Crippen molar-refractivity contribution in [2.45, 2.75) is 204 Å². The zero-order valence-corrected chi connectivity index (χ0v) is 39.4. The van der Waals surface area contributed by atoms with E-state index in [0.29, 0.717) is 25.7 Å². The highest BCUT2D eigenvalue weighted by Crippen LogP contribution is 2.74. The number of rotatable bonds is 10. The molecule has 14 unspecified atom stereocenters. The second-order valence-corrected chi connectivity index (χ2v) is 23.1. The summed E-state index contributed by atoms with van der Waals surface area (Å²) < 4.78 is 37.1. The van der Waals surface area contributed by atoms with Crippen LogP contribution in [0.3, 0.4) is 0 Å². The average Bonchev–Trinajstić information content (AvgIpc) is 3.27. The summed E-state index contributed by atoms with van der Waals surface area (Å²) >= 11 is 0. The van der Waals surface area contributed by atoms with Crippen molar-refractivity contribution < 1.29 is 89.7 Å². The van der Waals surface area contributed by atoms with Gasteiger partial charge in [0.1, 0.15) is 67.1 Å². The fraction of sp³-hybridized carbons (Fsp3) is 0.917. The van der Waals surface area contributed by atoms with Crippen LogP contribution in [0.5, 0.6) is 0 Å². The van der Waals surface area contributed by atoms with Gasteiger partial charge >= 0.3 is 0 Å². The summed E-state index contributed by atoms with van der Waals surface area (Å²) in [6, 6.07) is 0. The Labute approximate surface area is 387 Å². The molecule has 0 bridgehead atoms. The Balaban J connectivity index is 1.12. The molecule has 24 atom stereocenters. The second kappa shape index (κ2) is 18.1. The van der Waals surface area contributed by atoms with Crippen molar-refractivity contribution in [1.29, 1.82) is 0 Å². The molecule has 6 fully saturated rings. The van der Waals surface area contributed by atoms with Gasteiger partial charge in [-0.25, -0.2) is 0 Å². The first-order chi connectivity index (χ1) is 30.9.